The third-order valence-corrected chi connectivity index (χ3v) is 4.84. The third-order valence-electron chi connectivity index (χ3n) is 4.84. The van der Waals surface area contributed by atoms with E-state index in [4.69, 9.17) is 4.74 Å². The number of halogens is 1. The number of aryl methyl sites for hydroxylation is 1. The summed E-state index contributed by atoms with van der Waals surface area (Å²) in [5.74, 6) is 2.54. The van der Waals surface area contributed by atoms with Gasteiger partial charge in [0.15, 0.2) is 5.96 Å². The van der Waals surface area contributed by atoms with E-state index in [1.807, 2.05) is 24.5 Å². The van der Waals surface area contributed by atoms with E-state index in [2.05, 4.69) is 75.4 Å². The van der Waals surface area contributed by atoms with Crippen LogP contribution in [0.25, 0.3) is 0 Å². The number of nitrogens with zero attached hydrogens (tertiary/aromatic N) is 3. The highest BCUT2D eigenvalue weighted by molar-refractivity contribution is 14.0. The molecule has 30 heavy (non-hydrogen) atoms. The van der Waals surface area contributed by atoms with Gasteiger partial charge in [0.25, 0.3) is 0 Å². The molecule has 2 N–H and O–H groups in total. The molecular weight excluding hydrogens is 489 g/mol. The molecule has 0 saturated carbocycles. The lowest BCUT2D eigenvalue weighted by atomic mass is 10.0. The first-order valence-corrected chi connectivity index (χ1v) is 9.76. The molecular formula is C23H30IN5O. The van der Waals surface area contributed by atoms with E-state index in [9.17, 15) is 0 Å². The van der Waals surface area contributed by atoms with Gasteiger partial charge in [-0.2, -0.15) is 0 Å². The molecule has 0 amide bonds. The maximum atomic E-state index is 5.51. The quantitative estimate of drug-likeness (QED) is 0.278. The summed E-state index contributed by atoms with van der Waals surface area (Å²) in [6, 6.07) is 16.6. The summed E-state index contributed by atoms with van der Waals surface area (Å²) < 4.78 is 7.66. The van der Waals surface area contributed by atoms with Crippen LogP contribution in [0.2, 0.25) is 0 Å². The van der Waals surface area contributed by atoms with Crippen LogP contribution in [-0.2, 0) is 13.1 Å². The summed E-state index contributed by atoms with van der Waals surface area (Å²) in [5.41, 5.74) is 3.54. The second kappa shape index (κ2) is 11.6. The SMILES string of the molecule is CN=C(NCc1nccn1Cc1ccccc1)NC(C)c1cc(C)ccc1OC.I. The Hall–Kier alpha value is -2.55. The van der Waals surface area contributed by atoms with Crippen LogP contribution in [0, 0.1) is 6.92 Å². The van der Waals surface area contributed by atoms with Crippen LogP contribution in [0.4, 0.5) is 0 Å². The molecule has 1 heterocycles. The van der Waals surface area contributed by atoms with E-state index >= 15 is 0 Å². The molecule has 0 aliphatic carbocycles. The molecule has 0 aliphatic rings. The summed E-state index contributed by atoms with van der Waals surface area (Å²) in [6.07, 6.45) is 3.83. The summed E-state index contributed by atoms with van der Waals surface area (Å²) in [5, 5.41) is 6.80. The number of aliphatic imine (C=N–C) groups is 1. The van der Waals surface area contributed by atoms with Gasteiger partial charge in [0.05, 0.1) is 19.7 Å². The number of rotatable bonds is 7. The Morgan fingerprint density at radius 3 is 2.67 bits per heavy atom. The average molecular weight is 519 g/mol. The van der Waals surface area contributed by atoms with Crippen molar-refractivity contribution >= 4 is 29.9 Å². The minimum absolute atomic E-state index is 0. The topological polar surface area (TPSA) is 63.5 Å². The van der Waals surface area contributed by atoms with Crippen LogP contribution in [-0.4, -0.2) is 29.7 Å². The van der Waals surface area contributed by atoms with Crippen molar-refractivity contribution in [2.45, 2.75) is 33.0 Å². The van der Waals surface area contributed by atoms with Gasteiger partial charge < -0.3 is 19.9 Å². The number of nitrogens with one attached hydrogen (secondary N) is 2. The number of methoxy groups -OCH3 is 1. The highest BCUT2D eigenvalue weighted by atomic mass is 127. The Kier molecular flexibility index (Phi) is 9.16. The maximum Gasteiger partial charge on any atom is 0.191 e. The normalized spacial score (nSPS) is 12.1. The molecule has 160 valence electrons. The Bertz CT molecular complexity index is 955. The van der Waals surface area contributed by atoms with Gasteiger partial charge in [0.1, 0.15) is 11.6 Å². The second-order valence-electron chi connectivity index (χ2n) is 6.99. The fourth-order valence-corrected chi connectivity index (χ4v) is 3.26. The molecule has 1 aromatic heterocycles. The van der Waals surface area contributed by atoms with E-state index in [1.54, 1.807) is 14.2 Å². The van der Waals surface area contributed by atoms with Crippen LogP contribution in [0.15, 0.2) is 65.9 Å². The van der Waals surface area contributed by atoms with Gasteiger partial charge in [0, 0.05) is 31.5 Å². The Morgan fingerprint density at radius 2 is 1.97 bits per heavy atom. The first kappa shape index (κ1) is 23.7. The predicted molar refractivity (Wildman–Crippen MR) is 133 cm³/mol. The minimum Gasteiger partial charge on any atom is -0.496 e. The van der Waals surface area contributed by atoms with E-state index < -0.39 is 0 Å². The number of benzene rings is 2. The van der Waals surface area contributed by atoms with Crippen LogP contribution >= 0.6 is 24.0 Å². The lowest BCUT2D eigenvalue weighted by Crippen LogP contribution is -2.38. The van der Waals surface area contributed by atoms with Gasteiger partial charge in [0.2, 0.25) is 0 Å². The number of guanidine groups is 1. The third kappa shape index (κ3) is 6.22. The minimum atomic E-state index is 0. The summed E-state index contributed by atoms with van der Waals surface area (Å²) in [6.45, 7) is 5.55. The second-order valence-corrected chi connectivity index (χ2v) is 6.99. The zero-order chi connectivity index (χ0) is 20.6. The monoisotopic (exact) mass is 519 g/mol. The number of hydrogen-bond acceptors (Lipinski definition) is 3. The van der Waals surface area contributed by atoms with E-state index in [0.29, 0.717) is 6.54 Å². The van der Waals surface area contributed by atoms with E-state index in [1.165, 1.54) is 11.1 Å². The van der Waals surface area contributed by atoms with Gasteiger partial charge in [-0.25, -0.2) is 4.98 Å². The summed E-state index contributed by atoms with van der Waals surface area (Å²) >= 11 is 0. The lowest BCUT2D eigenvalue weighted by Gasteiger charge is -2.21. The Morgan fingerprint density at radius 1 is 1.20 bits per heavy atom. The van der Waals surface area contributed by atoms with Crippen molar-refractivity contribution in [3.05, 3.63) is 83.4 Å². The molecule has 1 unspecified atom stereocenters. The van der Waals surface area contributed by atoms with Gasteiger partial charge in [-0.15, -0.1) is 24.0 Å². The standard InChI is InChI=1S/C23H29N5O.HI/c1-17-10-11-21(29-4)20(14-17)18(2)27-23(24-3)26-15-22-25-12-13-28(22)16-19-8-6-5-7-9-19;/h5-14,18H,15-16H2,1-4H3,(H2,24,26,27);1H. The van der Waals surface area contributed by atoms with Gasteiger partial charge >= 0.3 is 0 Å². The molecule has 3 rings (SSSR count). The molecule has 0 radical (unpaired) electrons. The molecule has 0 aliphatic heterocycles. The van der Waals surface area contributed by atoms with E-state index in [0.717, 1.165) is 29.6 Å². The smallest absolute Gasteiger partial charge is 0.191 e. The summed E-state index contributed by atoms with van der Waals surface area (Å²) in [7, 11) is 3.46. The molecule has 0 bridgehead atoms. The van der Waals surface area contributed by atoms with Crippen LogP contribution < -0.4 is 15.4 Å². The maximum absolute atomic E-state index is 5.51. The van der Waals surface area contributed by atoms with Crippen LogP contribution in [0.1, 0.15) is 35.5 Å². The molecule has 0 spiro atoms. The number of imidazole rings is 1. The molecule has 3 aromatic rings. The molecule has 0 fully saturated rings. The predicted octanol–water partition coefficient (Wildman–Crippen LogP) is 4.29. The fraction of sp³-hybridized carbons (Fsp3) is 0.304. The Labute approximate surface area is 195 Å². The molecule has 7 heteroatoms. The van der Waals surface area contributed by atoms with E-state index in [-0.39, 0.29) is 30.0 Å². The van der Waals surface area contributed by atoms with Crippen molar-refractivity contribution in [2.75, 3.05) is 14.2 Å². The van der Waals surface area contributed by atoms with Crippen molar-refractivity contribution in [3.63, 3.8) is 0 Å². The Balaban J connectivity index is 0.00000320. The van der Waals surface area contributed by atoms with Crippen LogP contribution in [0.3, 0.4) is 0 Å². The van der Waals surface area contributed by atoms with Crippen molar-refractivity contribution in [1.82, 2.24) is 20.2 Å². The van der Waals surface area contributed by atoms with Crippen molar-refractivity contribution < 1.29 is 4.74 Å². The number of ether oxygens (including phenoxy) is 1. The molecule has 1 atom stereocenters. The highest BCUT2D eigenvalue weighted by Crippen LogP contribution is 2.25. The fourth-order valence-electron chi connectivity index (χ4n) is 3.26. The molecule has 6 nitrogen and oxygen atoms in total. The number of hydrogen-bond donors (Lipinski definition) is 2. The largest absolute Gasteiger partial charge is 0.496 e. The zero-order valence-corrected chi connectivity index (χ0v) is 20.3. The first-order valence-electron chi connectivity index (χ1n) is 9.76. The summed E-state index contributed by atoms with van der Waals surface area (Å²) in [4.78, 5) is 8.85. The van der Waals surface area contributed by atoms with Gasteiger partial charge in [-0.3, -0.25) is 4.99 Å². The average Bonchev–Trinajstić information content (AvgIpc) is 3.18. The van der Waals surface area contributed by atoms with Crippen molar-refractivity contribution in [2.24, 2.45) is 4.99 Å². The van der Waals surface area contributed by atoms with Crippen molar-refractivity contribution in [1.29, 1.82) is 0 Å². The van der Waals surface area contributed by atoms with Gasteiger partial charge in [-0.05, 0) is 25.5 Å². The highest BCUT2D eigenvalue weighted by Gasteiger charge is 2.14. The van der Waals surface area contributed by atoms with Crippen molar-refractivity contribution in [3.8, 4) is 5.75 Å². The molecule has 2 aromatic carbocycles. The van der Waals surface area contributed by atoms with Gasteiger partial charge in [-0.1, -0.05) is 48.0 Å². The number of aromatic nitrogens is 2. The first-order chi connectivity index (χ1) is 14.1. The van der Waals surface area contributed by atoms with Crippen LogP contribution in [0.5, 0.6) is 5.75 Å². The zero-order valence-electron chi connectivity index (χ0n) is 17.9. The molecule has 0 saturated heterocycles. The lowest BCUT2D eigenvalue weighted by molar-refractivity contribution is 0.405.